The second kappa shape index (κ2) is 8.63. The van der Waals surface area contributed by atoms with E-state index in [4.69, 9.17) is 4.74 Å². The lowest BCUT2D eigenvalue weighted by atomic mass is 9.98. The van der Waals surface area contributed by atoms with Crippen LogP contribution in [0.5, 0.6) is 5.75 Å². The number of hydrogen-bond acceptors (Lipinski definition) is 7. The van der Waals surface area contributed by atoms with Gasteiger partial charge in [-0.3, -0.25) is 4.79 Å². The van der Waals surface area contributed by atoms with Crippen LogP contribution < -0.4 is 15.6 Å². The number of aliphatic hydroxyl groups excluding tert-OH is 1. The van der Waals surface area contributed by atoms with Crippen molar-refractivity contribution in [2.24, 2.45) is 0 Å². The summed E-state index contributed by atoms with van der Waals surface area (Å²) in [4.78, 5) is 21.7. The number of rotatable bonds is 5. The monoisotopic (exact) mass is 443 g/mol. The van der Waals surface area contributed by atoms with Gasteiger partial charge in [-0.2, -0.15) is 9.78 Å². The van der Waals surface area contributed by atoms with Crippen LogP contribution in [0.15, 0.2) is 59.8 Å². The highest BCUT2D eigenvalue weighted by molar-refractivity contribution is 5.87. The molecule has 0 saturated heterocycles. The Hall–Kier alpha value is -3.78. The SMILES string of the molecule is COc1cccc(-c2ccc3c(=O)n(-c4ncc(N[C@H]5CC[C@@H](O)C5)cn4)ncc3c2)c1C. The van der Waals surface area contributed by atoms with Crippen molar-refractivity contribution in [3.8, 4) is 22.8 Å². The van der Waals surface area contributed by atoms with E-state index in [0.717, 1.165) is 46.4 Å². The van der Waals surface area contributed by atoms with Gasteiger partial charge in [0.1, 0.15) is 5.75 Å². The van der Waals surface area contributed by atoms with Gasteiger partial charge in [-0.1, -0.05) is 18.2 Å². The summed E-state index contributed by atoms with van der Waals surface area (Å²) in [7, 11) is 1.66. The molecule has 8 heteroatoms. The predicted molar refractivity (Wildman–Crippen MR) is 127 cm³/mol. The van der Waals surface area contributed by atoms with E-state index in [1.807, 2.05) is 43.3 Å². The summed E-state index contributed by atoms with van der Waals surface area (Å²) in [6.45, 7) is 2.01. The van der Waals surface area contributed by atoms with Crippen molar-refractivity contribution in [3.63, 3.8) is 0 Å². The largest absolute Gasteiger partial charge is 0.496 e. The molecule has 2 aromatic carbocycles. The fraction of sp³-hybridized carbons (Fsp3) is 0.280. The molecule has 0 spiro atoms. The molecular formula is C25H25N5O3. The minimum atomic E-state index is -0.277. The molecule has 0 amide bonds. The molecule has 4 aromatic rings. The van der Waals surface area contributed by atoms with Gasteiger partial charge in [0.05, 0.1) is 42.9 Å². The van der Waals surface area contributed by atoms with Crippen LogP contribution in [0.4, 0.5) is 5.69 Å². The summed E-state index contributed by atoms with van der Waals surface area (Å²) in [5.41, 5.74) is 3.55. The zero-order valence-electron chi connectivity index (χ0n) is 18.5. The first-order chi connectivity index (χ1) is 16.0. The molecule has 1 fully saturated rings. The lowest BCUT2D eigenvalue weighted by Gasteiger charge is -2.13. The number of ether oxygens (including phenoxy) is 1. The highest BCUT2D eigenvalue weighted by atomic mass is 16.5. The summed E-state index contributed by atoms with van der Waals surface area (Å²) >= 11 is 0. The predicted octanol–water partition coefficient (Wildman–Crippen LogP) is 3.49. The number of aromatic nitrogens is 4. The maximum atomic E-state index is 13.1. The molecule has 1 saturated carbocycles. The number of nitrogens with one attached hydrogen (secondary N) is 1. The Kier molecular flexibility index (Phi) is 5.51. The van der Waals surface area contributed by atoms with Crippen LogP contribution >= 0.6 is 0 Å². The number of anilines is 1. The molecule has 2 atom stereocenters. The van der Waals surface area contributed by atoms with Gasteiger partial charge < -0.3 is 15.2 Å². The van der Waals surface area contributed by atoms with Crippen molar-refractivity contribution >= 4 is 16.5 Å². The molecule has 33 heavy (non-hydrogen) atoms. The second-order valence-electron chi connectivity index (χ2n) is 8.38. The first-order valence-electron chi connectivity index (χ1n) is 11.0. The summed E-state index contributed by atoms with van der Waals surface area (Å²) in [6, 6.07) is 11.8. The van der Waals surface area contributed by atoms with Crippen molar-refractivity contribution in [1.29, 1.82) is 0 Å². The van der Waals surface area contributed by atoms with Gasteiger partial charge in [0.25, 0.3) is 11.5 Å². The maximum Gasteiger partial charge on any atom is 0.282 e. The Morgan fingerprint density at radius 2 is 1.94 bits per heavy atom. The van der Waals surface area contributed by atoms with Crippen LogP contribution in [-0.4, -0.2) is 44.1 Å². The third-order valence-electron chi connectivity index (χ3n) is 6.21. The standard InChI is InChI=1S/C25H25N5O3/c1-15-21(4-3-5-23(15)33-2)16-6-9-22-17(10-16)12-28-30(24(22)32)25-26-13-19(14-27-25)29-18-7-8-20(31)11-18/h3-6,9-10,12-14,18,20,29,31H,7-8,11H2,1-2H3/t18-,20+/m0/s1. The van der Waals surface area contributed by atoms with Crippen molar-refractivity contribution in [2.75, 3.05) is 12.4 Å². The Balaban J connectivity index is 1.44. The number of aliphatic hydroxyl groups is 1. The summed E-state index contributed by atoms with van der Waals surface area (Å²) in [5.74, 6) is 1.03. The molecule has 0 radical (unpaired) electrons. The molecule has 5 rings (SSSR count). The summed E-state index contributed by atoms with van der Waals surface area (Å²) < 4.78 is 6.64. The third-order valence-corrected chi connectivity index (χ3v) is 6.21. The second-order valence-corrected chi connectivity index (χ2v) is 8.38. The Morgan fingerprint density at radius 1 is 1.12 bits per heavy atom. The van der Waals surface area contributed by atoms with Gasteiger partial charge in [0.15, 0.2) is 0 Å². The van der Waals surface area contributed by atoms with Crippen LogP contribution in [0, 0.1) is 6.92 Å². The van der Waals surface area contributed by atoms with Gasteiger partial charge in [0.2, 0.25) is 0 Å². The van der Waals surface area contributed by atoms with E-state index in [1.165, 1.54) is 4.68 Å². The van der Waals surface area contributed by atoms with Crippen molar-refractivity contribution in [1.82, 2.24) is 19.7 Å². The van der Waals surface area contributed by atoms with Gasteiger partial charge in [-0.05, 0) is 61.1 Å². The maximum absolute atomic E-state index is 13.1. The third kappa shape index (κ3) is 4.05. The molecule has 2 heterocycles. The zero-order chi connectivity index (χ0) is 22.9. The van der Waals surface area contributed by atoms with E-state index >= 15 is 0 Å². The van der Waals surface area contributed by atoms with Crippen molar-refractivity contribution in [3.05, 3.63) is 70.9 Å². The Morgan fingerprint density at radius 3 is 2.67 bits per heavy atom. The smallest absolute Gasteiger partial charge is 0.282 e. The summed E-state index contributed by atoms with van der Waals surface area (Å²) in [6.07, 6.45) is 7.10. The van der Waals surface area contributed by atoms with Gasteiger partial charge in [-0.25, -0.2) is 9.97 Å². The Bertz CT molecular complexity index is 1370. The first kappa shape index (κ1) is 21.1. The van der Waals surface area contributed by atoms with Crippen molar-refractivity contribution in [2.45, 2.75) is 38.3 Å². The zero-order valence-corrected chi connectivity index (χ0v) is 18.5. The minimum Gasteiger partial charge on any atom is -0.496 e. The van der Waals surface area contributed by atoms with Crippen LogP contribution in [0.2, 0.25) is 0 Å². The lowest BCUT2D eigenvalue weighted by molar-refractivity contribution is 0.182. The van der Waals surface area contributed by atoms with Gasteiger partial charge in [0, 0.05) is 11.4 Å². The molecule has 2 aromatic heterocycles. The molecule has 1 aliphatic rings. The Labute approximate surface area is 190 Å². The quantitative estimate of drug-likeness (QED) is 0.487. The number of methoxy groups -OCH3 is 1. The molecule has 168 valence electrons. The van der Waals surface area contributed by atoms with Crippen LogP contribution in [0.1, 0.15) is 24.8 Å². The number of benzene rings is 2. The van der Waals surface area contributed by atoms with E-state index in [-0.39, 0.29) is 23.7 Å². The first-order valence-corrected chi connectivity index (χ1v) is 11.0. The summed E-state index contributed by atoms with van der Waals surface area (Å²) in [5, 5.41) is 18.6. The van der Waals surface area contributed by atoms with Crippen LogP contribution in [0.3, 0.4) is 0 Å². The molecule has 1 aliphatic carbocycles. The van der Waals surface area contributed by atoms with Crippen LogP contribution in [-0.2, 0) is 0 Å². The molecular weight excluding hydrogens is 418 g/mol. The topological polar surface area (TPSA) is 102 Å². The van der Waals surface area contributed by atoms with E-state index in [2.05, 4.69) is 20.4 Å². The highest BCUT2D eigenvalue weighted by Crippen LogP contribution is 2.31. The number of nitrogens with zero attached hydrogens (tertiary/aromatic N) is 4. The molecule has 0 bridgehead atoms. The van der Waals surface area contributed by atoms with Crippen molar-refractivity contribution < 1.29 is 9.84 Å². The molecule has 0 unspecified atom stereocenters. The normalized spacial score (nSPS) is 17.9. The van der Waals surface area contributed by atoms with E-state index in [9.17, 15) is 9.90 Å². The van der Waals surface area contributed by atoms with E-state index in [0.29, 0.717) is 11.8 Å². The van der Waals surface area contributed by atoms with E-state index in [1.54, 1.807) is 25.7 Å². The van der Waals surface area contributed by atoms with Gasteiger partial charge in [-0.15, -0.1) is 0 Å². The van der Waals surface area contributed by atoms with Crippen LogP contribution in [0.25, 0.3) is 27.8 Å². The fourth-order valence-electron chi connectivity index (χ4n) is 4.44. The molecule has 0 aliphatic heterocycles. The fourth-order valence-corrected chi connectivity index (χ4v) is 4.44. The average Bonchev–Trinajstić information content (AvgIpc) is 3.24. The van der Waals surface area contributed by atoms with E-state index < -0.39 is 0 Å². The highest BCUT2D eigenvalue weighted by Gasteiger charge is 2.22. The minimum absolute atomic E-state index is 0.207. The molecule has 2 N–H and O–H groups in total. The van der Waals surface area contributed by atoms with Gasteiger partial charge >= 0.3 is 0 Å². The molecule has 8 nitrogen and oxygen atoms in total. The number of hydrogen-bond donors (Lipinski definition) is 2. The average molecular weight is 444 g/mol. The lowest BCUT2D eigenvalue weighted by Crippen LogP contribution is -2.23. The number of fused-ring (bicyclic) bond motifs is 1.